The second kappa shape index (κ2) is 12.0. The average molecular weight is 695 g/mol. The van der Waals surface area contributed by atoms with Crippen molar-refractivity contribution < 1.29 is 23.5 Å². The maximum absolute atomic E-state index is 14.2. The van der Waals surface area contributed by atoms with Gasteiger partial charge in [-0.25, -0.2) is 4.79 Å². The molecule has 0 spiro atoms. The molecule has 2 N–H and O–H groups in total. The van der Waals surface area contributed by atoms with E-state index in [-0.39, 0.29) is 56.3 Å². The second-order valence-electron chi connectivity index (χ2n) is 11.0. The van der Waals surface area contributed by atoms with E-state index in [1.54, 1.807) is 17.0 Å². The Hall–Kier alpha value is -3.50. The van der Waals surface area contributed by atoms with Gasteiger partial charge in [0.25, 0.3) is 11.5 Å². The lowest BCUT2D eigenvalue weighted by atomic mass is 10.0. The van der Waals surface area contributed by atoms with Gasteiger partial charge in [-0.15, -0.1) is 0 Å². The summed E-state index contributed by atoms with van der Waals surface area (Å²) in [5.41, 5.74) is -1.22. The Balaban J connectivity index is 1.40. The zero-order valence-electron chi connectivity index (χ0n) is 23.3. The molecule has 3 aromatic rings. The van der Waals surface area contributed by atoms with Gasteiger partial charge in [-0.05, 0) is 72.3 Å². The molecule has 15 heteroatoms. The van der Waals surface area contributed by atoms with Gasteiger partial charge in [0.15, 0.2) is 0 Å². The van der Waals surface area contributed by atoms with Crippen LogP contribution >= 0.6 is 46.6 Å². The molecule has 1 aromatic heterocycles. The first kappa shape index (κ1) is 31.5. The molecule has 45 heavy (non-hydrogen) atoms. The number of nitriles is 1. The van der Waals surface area contributed by atoms with Crippen molar-refractivity contribution in [1.82, 2.24) is 14.8 Å². The van der Waals surface area contributed by atoms with Gasteiger partial charge >= 0.3 is 11.4 Å². The third kappa shape index (κ3) is 5.94. The summed E-state index contributed by atoms with van der Waals surface area (Å²) in [6.45, 7) is 0.962. The number of phenols is 1. The van der Waals surface area contributed by atoms with Crippen LogP contribution in [0.3, 0.4) is 0 Å². The number of amides is 3. The summed E-state index contributed by atoms with van der Waals surface area (Å²) in [6, 6.07) is 9.71. The van der Waals surface area contributed by atoms with Crippen molar-refractivity contribution in [2.45, 2.75) is 59.5 Å². The number of carbonyl (C=O) groups is 2. The molecule has 2 fully saturated rings. The number of aromatic nitrogens is 1. The molecule has 3 amide bonds. The molecular formula is C30H24Cl3F2N5O4S. The number of phenolic OH excluding ortho intramolecular Hbond substituents is 1. The zero-order chi connectivity index (χ0) is 32.2. The Morgan fingerprint density at radius 3 is 2.51 bits per heavy atom. The fourth-order valence-electron chi connectivity index (χ4n) is 5.78. The van der Waals surface area contributed by atoms with Crippen molar-refractivity contribution in [2.24, 2.45) is 0 Å². The van der Waals surface area contributed by atoms with Crippen LogP contribution < -0.4 is 10.5 Å². The summed E-state index contributed by atoms with van der Waals surface area (Å²) < 4.78 is 28.3. The number of urea groups is 1. The largest absolute Gasteiger partial charge is 0.506 e. The molecule has 0 radical (unpaired) electrons. The molecule has 1 atom stereocenters. The van der Waals surface area contributed by atoms with Gasteiger partial charge in [0.1, 0.15) is 17.0 Å². The number of aromatic amines is 1. The number of nitrogens with zero attached hydrogens (tertiary/aromatic N) is 4. The highest BCUT2D eigenvalue weighted by molar-refractivity contribution is 7.99. The molecular weight excluding hydrogens is 671 g/mol. The number of alkyl halides is 3. The molecule has 0 bridgehead atoms. The Kier molecular flexibility index (Phi) is 8.41. The van der Waals surface area contributed by atoms with E-state index in [9.17, 15) is 33.5 Å². The van der Waals surface area contributed by atoms with E-state index in [1.807, 2.05) is 11.1 Å². The first-order chi connectivity index (χ1) is 21.4. The lowest BCUT2D eigenvalue weighted by Gasteiger charge is -2.36. The fourth-order valence-corrected chi connectivity index (χ4v) is 7.52. The van der Waals surface area contributed by atoms with Gasteiger partial charge in [-0.1, -0.05) is 41.0 Å². The number of H-pyrrole nitrogens is 1. The first-order valence-corrected chi connectivity index (χ1v) is 15.9. The molecule has 6 rings (SSSR count). The Morgan fingerprint density at radius 1 is 1.16 bits per heavy atom. The number of benzene rings is 2. The van der Waals surface area contributed by atoms with Crippen molar-refractivity contribution in [3.8, 4) is 11.8 Å². The normalized spacial score (nSPS) is 18.3. The first-order valence-electron chi connectivity index (χ1n) is 14.0. The van der Waals surface area contributed by atoms with Crippen molar-refractivity contribution in [2.75, 3.05) is 18.0 Å². The number of carbonyl (C=O) groups excluding carboxylic acids is 2. The van der Waals surface area contributed by atoms with Crippen molar-refractivity contribution in [3.05, 3.63) is 79.2 Å². The predicted molar refractivity (Wildman–Crippen MR) is 165 cm³/mol. The minimum atomic E-state index is -3.96. The average Bonchev–Trinajstić information content (AvgIpc) is 3.77. The van der Waals surface area contributed by atoms with E-state index < -0.39 is 34.1 Å². The molecule has 3 heterocycles. The van der Waals surface area contributed by atoms with E-state index >= 15 is 0 Å². The SMILES string of the molecule is N#CC[C@H]1c2cc(O)c(N3CCCN(C4CC4)C3=O)cc2CN1C(=O)c1c(Sc2c(Cl)cccc2Cl)cc(C(F)(F)Cl)[nH]c1=O. The molecule has 1 saturated carbocycles. The number of pyridine rings is 1. The highest BCUT2D eigenvalue weighted by Crippen LogP contribution is 2.46. The maximum atomic E-state index is 14.2. The molecule has 1 aliphatic carbocycles. The topological polar surface area (TPSA) is 121 Å². The Morgan fingerprint density at radius 2 is 1.87 bits per heavy atom. The van der Waals surface area contributed by atoms with Gasteiger partial charge in [-0.2, -0.15) is 14.0 Å². The van der Waals surface area contributed by atoms with Crippen LogP contribution in [0.25, 0.3) is 0 Å². The third-order valence-corrected chi connectivity index (χ3v) is 10.3. The number of hydrogen-bond donors (Lipinski definition) is 2. The maximum Gasteiger partial charge on any atom is 0.362 e. The highest BCUT2D eigenvalue weighted by atomic mass is 35.5. The molecule has 1 saturated heterocycles. The zero-order valence-corrected chi connectivity index (χ0v) is 26.4. The molecule has 9 nitrogen and oxygen atoms in total. The smallest absolute Gasteiger partial charge is 0.362 e. The number of anilines is 1. The Labute approximate surface area is 275 Å². The number of aromatic hydroxyl groups is 1. The van der Waals surface area contributed by atoms with E-state index in [2.05, 4.69) is 0 Å². The van der Waals surface area contributed by atoms with Gasteiger partial charge in [0, 0.05) is 35.5 Å². The summed E-state index contributed by atoms with van der Waals surface area (Å²) in [4.78, 5) is 47.4. The minimum Gasteiger partial charge on any atom is -0.506 e. The van der Waals surface area contributed by atoms with Gasteiger partial charge in [0.2, 0.25) is 0 Å². The number of fused-ring (bicyclic) bond motifs is 1. The van der Waals surface area contributed by atoms with Crippen molar-refractivity contribution in [3.63, 3.8) is 0 Å². The van der Waals surface area contributed by atoms with E-state index in [0.29, 0.717) is 24.2 Å². The predicted octanol–water partition coefficient (Wildman–Crippen LogP) is 7.23. The third-order valence-electron chi connectivity index (χ3n) is 8.04. The molecule has 0 unspecified atom stereocenters. The van der Waals surface area contributed by atoms with Crippen molar-refractivity contribution >= 4 is 64.2 Å². The van der Waals surface area contributed by atoms with Crippen LogP contribution in [0, 0.1) is 11.3 Å². The van der Waals surface area contributed by atoms with E-state index in [4.69, 9.17) is 34.8 Å². The van der Waals surface area contributed by atoms with Crippen LogP contribution in [0.5, 0.6) is 5.75 Å². The summed E-state index contributed by atoms with van der Waals surface area (Å²) in [5.74, 6) is -1.04. The molecule has 234 valence electrons. The summed E-state index contributed by atoms with van der Waals surface area (Å²) >= 11 is 18.6. The fraction of sp³-hybridized carbons (Fsp3) is 0.333. The van der Waals surface area contributed by atoms with Gasteiger partial charge in [0.05, 0.1) is 34.3 Å². The van der Waals surface area contributed by atoms with Crippen LogP contribution in [-0.2, 0) is 11.9 Å². The van der Waals surface area contributed by atoms with Crippen LogP contribution in [-0.4, -0.2) is 51.0 Å². The standard InChI is InChI=1S/C30H24Cl3F2N5O4S/c31-18-3-1-4-19(32)26(18)45-23-13-24(30(33,34)35)37-27(42)25(23)28(43)40-14-15-11-21(22(41)12-17(15)20(40)7-8-36)39-10-2-9-38(29(39)44)16-5-6-16/h1,3-4,11-13,16,20,41H,2,5-7,9-10,14H2,(H,37,42)/t20-/m0/s1. The summed E-state index contributed by atoms with van der Waals surface area (Å²) in [7, 11) is 0. The van der Waals surface area contributed by atoms with Crippen LogP contribution in [0.15, 0.2) is 51.0 Å². The van der Waals surface area contributed by atoms with Crippen LogP contribution in [0.1, 0.15) is 58.9 Å². The molecule has 3 aliphatic rings. The lowest BCUT2D eigenvalue weighted by molar-refractivity contribution is 0.0684. The van der Waals surface area contributed by atoms with Crippen LogP contribution in [0.2, 0.25) is 10.0 Å². The molecule has 2 aliphatic heterocycles. The highest BCUT2D eigenvalue weighted by Gasteiger charge is 2.41. The monoisotopic (exact) mass is 693 g/mol. The minimum absolute atomic E-state index is 0.0774. The summed E-state index contributed by atoms with van der Waals surface area (Å²) in [5, 5.41) is 17.1. The Bertz CT molecular complexity index is 1800. The van der Waals surface area contributed by atoms with Gasteiger partial charge in [-0.3, -0.25) is 14.5 Å². The number of nitrogens with one attached hydrogen (secondary N) is 1. The van der Waals surface area contributed by atoms with Crippen LogP contribution in [0.4, 0.5) is 19.3 Å². The summed E-state index contributed by atoms with van der Waals surface area (Å²) in [6.07, 6.45) is 2.41. The number of halogens is 5. The number of hydrogen-bond acceptors (Lipinski definition) is 6. The van der Waals surface area contributed by atoms with E-state index in [0.717, 1.165) is 37.1 Å². The second-order valence-corrected chi connectivity index (χ2v) is 13.3. The molecule has 2 aromatic carbocycles. The number of rotatable bonds is 7. The lowest BCUT2D eigenvalue weighted by Crippen LogP contribution is -2.50. The van der Waals surface area contributed by atoms with Crippen molar-refractivity contribution in [1.29, 1.82) is 5.26 Å². The quantitative estimate of drug-likeness (QED) is 0.252. The van der Waals surface area contributed by atoms with Gasteiger partial charge < -0.3 is 19.9 Å². The van der Waals surface area contributed by atoms with E-state index in [1.165, 1.54) is 28.0 Å².